The van der Waals surface area contributed by atoms with Gasteiger partial charge in [-0.25, -0.2) is 8.78 Å². The highest BCUT2D eigenvalue weighted by Gasteiger charge is 2.53. The number of nitrogens with zero attached hydrogens (tertiary/aromatic N) is 1. The number of aldehydes is 1. The maximum atomic E-state index is 14.5. The maximum Gasteiger partial charge on any atom is 0.277 e. The van der Waals surface area contributed by atoms with Crippen molar-refractivity contribution in [3.05, 3.63) is 53.6 Å². The number of alkyl halides is 2. The summed E-state index contributed by atoms with van der Waals surface area (Å²) in [7, 11) is 4.62. The van der Waals surface area contributed by atoms with Crippen molar-refractivity contribution in [1.29, 1.82) is 0 Å². The van der Waals surface area contributed by atoms with Crippen molar-refractivity contribution in [2.75, 3.05) is 19.3 Å². The van der Waals surface area contributed by atoms with Crippen LogP contribution in [0.2, 0.25) is 0 Å². The van der Waals surface area contributed by atoms with E-state index in [0.717, 1.165) is 34.2 Å². The molecule has 0 aromatic heterocycles. The third-order valence-corrected chi connectivity index (χ3v) is 8.01. The molecule has 200 valence electrons. The van der Waals surface area contributed by atoms with Gasteiger partial charge < -0.3 is 9.90 Å². The second-order valence-corrected chi connectivity index (χ2v) is 11.0. The predicted octanol–water partition coefficient (Wildman–Crippen LogP) is 5.41. The van der Waals surface area contributed by atoms with E-state index in [9.17, 15) is 13.6 Å². The first-order valence-electron chi connectivity index (χ1n) is 12.7. The molecule has 0 radical (unpaired) electrons. The zero-order valence-corrected chi connectivity index (χ0v) is 24.0. The van der Waals surface area contributed by atoms with Gasteiger partial charge in [0.15, 0.2) is 6.29 Å². The molecular formula is C28H41F2N2O2PS. The number of hydrogen-bond donors (Lipinski definition) is 2. The number of aryl methyl sites for hydroxylation is 1. The molecule has 0 bridgehead atoms. The standard InChI is InChI=1S/C21H27F2N2PS.C5H8O2.C2H6/c1-4-27-24-20-18(25(3)13-21(20,22)23)12-16-9-6-10-17(19(16)26)15-8-5-7-14(2)11-15;6-4-5(7)2-1-3-5;1-2/h5-11,18,20,24H,4,12-13,26H2,1-3H3;4,7H,1-3H2;1-2H3. The number of carbonyl (C=O) groups excluding carboxylic acids is 1. The molecule has 0 spiro atoms. The van der Waals surface area contributed by atoms with Crippen LogP contribution >= 0.6 is 21.2 Å². The quantitative estimate of drug-likeness (QED) is 0.281. The van der Waals surface area contributed by atoms with Crippen molar-refractivity contribution < 1.29 is 18.7 Å². The normalized spacial score (nSPS) is 21.9. The van der Waals surface area contributed by atoms with Gasteiger partial charge in [-0.15, -0.1) is 9.24 Å². The second-order valence-electron chi connectivity index (χ2n) is 9.30. The van der Waals surface area contributed by atoms with E-state index in [1.165, 1.54) is 17.5 Å². The molecule has 1 aliphatic carbocycles. The van der Waals surface area contributed by atoms with Gasteiger partial charge >= 0.3 is 0 Å². The van der Waals surface area contributed by atoms with Crippen molar-refractivity contribution in [1.82, 2.24) is 9.62 Å². The molecule has 1 saturated heterocycles. The number of likely N-dealkylation sites (tertiary alicyclic amines) is 1. The van der Waals surface area contributed by atoms with Gasteiger partial charge in [-0.2, -0.15) is 0 Å². The number of aliphatic hydroxyl groups is 1. The molecule has 2 N–H and O–H groups in total. The SMILES string of the molecule is CC.CCSNC1C(Cc2cccc(-c3cccc(C)c3)c2P)N(C)CC1(F)F.O=CC1(O)CCC1. The number of hydrogen-bond acceptors (Lipinski definition) is 5. The first-order valence-corrected chi connectivity index (χ1v) is 14.2. The van der Waals surface area contributed by atoms with Crippen LogP contribution in [-0.4, -0.2) is 59.2 Å². The lowest BCUT2D eigenvalue weighted by molar-refractivity contribution is -0.131. The summed E-state index contributed by atoms with van der Waals surface area (Å²) >= 11 is 1.37. The highest BCUT2D eigenvalue weighted by atomic mass is 32.2. The zero-order chi connectivity index (χ0) is 26.9. The Bertz CT molecular complexity index is 988. The smallest absolute Gasteiger partial charge is 0.277 e. The summed E-state index contributed by atoms with van der Waals surface area (Å²) in [5, 5.41) is 9.94. The van der Waals surface area contributed by atoms with Gasteiger partial charge in [-0.05, 0) is 61.6 Å². The number of nitrogens with one attached hydrogen (secondary N) is 1. The molecule has 1 saturated carbocycles. The van der Waals surface area contributed by atoms with Gasteiger partial charge in [0, 0.05) is 11.8 Å². The van der Waals surface area contributed by atoms with E-state index >= 15 is 0 Å². The summed E-state index contributed by atoms with van der Waals surface area (Å²) in [6.07, 6.45) is 3.55. The average molecular weight is 539 g/mol. The lowest BCUT2D eigenvalue weighted by Gasteiger charge is -2.30. The molecule has 1 heterocycles. The molecule has 8 heteroatoms. The van der Waals surface area contributed by atoms with Crippen molar-refractivity contribution in [2.45, 2.75) is 77.0 Å². The third kappa shape index (κ3) is 7.82. The van der Waals surface area contributed by atoms with Gasteiger partial charge in [-0.1, -0.05) is 80.7 Å². The predicted molar refractivity (Wildman–Crippen MR) is 152 cm³/mol. The lowest BCUT2D eigenvalue weighted by Crippen LogP contribution is -2.47. The van der Waals surface area contributed by atoms with Crippen LogP contribution in [0.1, 0.15) is 51.2 Å². The van der Waals surface area contributed by atoms with Gasteiger partial charge in [0.05, 0.1) is 12.6 Å². The Hall–Kier alpha value is -1.37. The Balaban J connectivity index is 0.000000431. The fourth-order valence-corrected chi connectivity index (χ4v) is 5.59. The van der Waals surface area contributed by atoms with E-state index in [2.05, 4.69) is 57.3 Å². The molecule has 2 aliphatic rings. The van der Waals surface area contributed by atoms with Crippen LogP contribution < -0.4 is 10.0 Å². The van der Waals surface area contributed by atoms with E-state index in [1.54, 1.807) is 11.9 Å². The zero-order valence-electron chi connectivity index (χ0n) is 22.1. The van der Waals surface area contributed by atoms with Crippen LogP contribution in [-0.2, 0) is 11.2 Å². The number of rotatable bonds is 7. The number of halogens is 2. The van der Waals surface area contributed by atoms with E-state index in [0.29, 0.717) is 25.5 Å². The highest BCUT2D eigenvalue weighted by molar-refractivity contribution is 7.97. The first-order chi connectivity index (χ1) is 17.1. The van der Waals surface area contributed by atoms with E-state index in [1.807, 2.05) is 26.8 Å². The minimum Gasteiger partial charge on any atom is -0.382 e. The van der Waals surface area contributed by atoms with E-state index in [4.69, 9.17) is 5.11 Å². The summed E-state index contributed by atoms with van der Waals surface area (Å²) in [5.74, 6) is -1.96. The monoisotopic (exact) mass is 538 g/mol. The Morgan fingerprint density at radius 3 is 2.42 bits per heavy atom. The maximum absolute atomic E-state index is 14.5. The summed E-state index contributed by atoms with van der Waals surface area (Å²) in [6, 6.07) is 13.5. The van der Waals surface area contributed by atoms with Crippen LogP contribution in [0.5, 0.6) is 0 Å². The minimum absolute atomic E-state index is 0.205. The van der Waals surface area contributed by atoms with Crippen molar-refractivity contribution in [2.24, 2.45) is 0 Å². The average Bonchev–Trinajstić information content (AvgIpc) is 3.05. The van der Waals surface area contributed by atoms with Crippen LogP contribution in [0, 0.1) is 6.92 Å². The first kappa shape index (κ1) is 30.9. The van der Waals surface area contributed by atoms with Gasteiger partial charge in [0.2, 0.25) is 0 Å². The molecule has 2 aromatic carbocycles. The molecule has 0 amide bonds. The fourth-order valence-electron chi connectivity index (χ4n) is 4.43. The van der Waals surface area contributed by atoms with Crippen LogP contribution in [0.3, 0.4) is 0 Å². The minimum atomic E-state index is -2.73. The summed E-state index contributed by atoms with van der Waals surface area (Å²) < 4.78 is 32.0. The number of benzene rings is 2. The molecule has 36 heavy (non-hydrogen) atoms. The van der Waals surface area contributed by atoms with Crippen LogP contribution in [0.15, 0.2) is 42.5 Å². The molecular weight excluding hydrogens is 497 g/mol. The number of likely N-dealkylation sites (N-methyl/N-ethyl adjacent to an activating group) is 1. The van der Waals surface area contributed by atoms with Gasteiger partial charge in [-0.3, -0.25) is 9.62 Å². The van der Waals surface area contributed by atoms with Crippen molar-refractivity contribution in [3.8, 4) is 11.1 Å². The highest BCUT2D eigenvalue weighted by Crippen LogP contribution is 2.35. The lowest BCUT2D eigenvalue weighted by atomic mass is 9.82. The summed E-state index contributed by atoms with van der Waals surface area (Å²) in [6.45, 7) is 7.84. The van der Waals surface area contributed by atoms with Gasteiger partial charge in [0.25, 0.3) is 5.92 Å². The molecule has 2 fully saturated rings. The summed E-state index contributed by atoms with van der Waals surface area (Å²) in [5.41, 5.74) is 3.68. The van der Waals surface area contributed by atoms with E-state index in [-0.39, 0.29) is 12.6 Å². The van der Waals surface area contributed by atoms with Crippen molar-refractivity contribution >= 4 is 32.8 Å². The molecule has 1 aliphatic heterocycles. The van der Waals surface area contributed by atoms with Crippen LogP contribution in [0.25, 0.3) is 11.1 Å². The molecule has 4 nitrogen and oxygen atoms in total. The second kappa shape index (κ2) is 14.0. The third-order valence-electron chi connectivity index (χ3n) is 6.61. The Morgan fingerprint density at radius 2 is 1.89 bits per heavy atom. The topological polar surface area (TPSA) is 52.6 Å². The van der Waals surface area contributed by atoms with E-state index < -0.39 is 17.6 Å². The number of carbonyl (C=O) groups is 1. The summed E-state index contributed by atoms with van der Waals surface area (Å²) in [4.78, 5) is 11.6. The molecule has 4 rings (SSSR count). The molecule has 2 aromatic rings. The molecule has 3 atom stereocenters. The Labute approximate surface area is 222 Å². The largest absolute Gasteiger partial charge is 0.382 e. The van der Waals surface area contributed by atoms with Crippen LogP contribution in [0.4, 0.5) is 8.78 Å². The Morgan fingerprint density at radius 1 is 1.22 bits per heavy atom. The Kier molecular flexibility index (Phi) is 12.0. The van der Waals surface area contributed by atoms with Gasteiger partial charge in [0.1, 0.15) is 5.60 Å². The molecule has 3 unspecified atom stereocenters. The van der Waals surface area contributed by atoms with Crippen molar-refractivity contribution in [3.63, 3.8) is 0 Å². The fraction of sp³-hybridized carbons (Fsp3) is 0.536.